The summed E-state index contributed by atoms with van der Waals surface area (Å²) in [5.41, 5.74) is -0.847. The number of hydrogen-bond donors (Lipinski definition) is 0. The molecule has 3 aromatic rings. The number of carbonyl (C=O) groups excluding carboxylic acids is 2. The number of amides is 2. The highest BCUT2D eigenvalue weighted by molar-refractivity contribution is 6.29. The van der Waals surface area contributed by atoms with Gasteiger partial charge in [0.2, 0.25) is 17.1 Å². The van der Waals surface area contributed by atoms with Crippen LogP contribution >= 0.6 is 11.6 Å². The van der Waals surface area contributed by atoms with Crippen molar-refractivity contribution in [3.63, 3.8) is 0 Å². The predicted molar refractivity (Wildman–Crippen MR) is 153 cm³/mol. The average Bonchev–Trinajstić information content (AvgIpc) is 3.20. The highest BCUT2D eigenvalue weighted by Crippen LogP contribution is 2.32. The van der Waals surface area contributed by atoms with Gasteiger partial charge in [0.15, 0.2) is 22.8 Å². The van der Waals surface area contributed by atoms with Gasteiger partial charge in [0.1, 0.15) is 12.1 Å². The number of imide groups is 1. The molecule has 0 N–H and O–H groups in total. The van der Waals surface area contributed by atoms with Crippen molar-refractivity contribution < 1.29 is 32.2 Å². The van der Waals surface area contributed by atoms with Crippen LogP contribution in [0.15, 0.2) is 12.4 Å². The first-order valence-electron chi connectivity index (χ1n) is 13.6. The van der Waals surface area contributed by atoms with Crippen molar-refractivity contribution in [1.82, 2.24) is 29.5 Å². The van der Waals surface area contributed by atoms with Crippen LogP contribution in [-0.4, -0.2) is 79.6 Å². The summed E-state index contributed by atoms with van der Waals surface area (Å²) >= 11 is 6.13. The van der Waals surface area contributed by atoms with Crippen molar-refractivity contribution in [3.05, 3.63) is 17.7 Å². The number of rotatable bonds is 6. The minimum Gasteiger partial charge on any atom is -0.443 e. The van der Waals surface area contributed by atoms with E-state index in [1.54, 1.807) is 20.8 Å². The fourth-order valence-electron chi connectivity index (χ4n) is 4.15. The summed E-state index contributed by atoms with van der Waals surface area (Å²) in [5, 5.41) is -0.387. The number of halogens is 4. The van der Waals surface area contributed by atoms with Crippen molar-refractivity contribution >= 4 is 46.5 Å². The third kappa shape index (κ3) is 8.28. The fraction of sp³-hybridized carbons (Fsp3) is 0.593. The van der Waals surface area contributed by atoms with E-state index in [1.165, 1.54) is 12.4 Å². The number of morpholine rings is 1. The Bertz CT molecular complexity index is 1480. The van der Waals surface area contributed by atoms with Crippen LogP contribution in [0, 0.1) is 5.41 Å². The first-order chi connectivity index (χ1) is 19.9. The molecule has 0 spiro atoms. The van der Waals surface area contributed by atoms with Gasteiger partial charge in [-0.1, -0.05) is 20.8 Å². The van der Waals surface area contributed by atoms with Gasteiger partial charge in [-0.25, -0.2) is 29.7 Å². The molecule has 16 heteroatoms. The molecule has 1 aliphatic heterocycles. The Labute approximate surface area is 251 Å². The number of alkyl halides is 3. The van der Waals surface area contributed by atoms with E-state index in [0.717, 1.165) is 9.47 Å². The number of fused-ring (bicyclic) bond motifs is 1. The molecule has 43 heavy (non-hydrogen) atoms. The lowest BCUT2D eigenvalue weighted by molar-refractivity contribution is -0.140. The Morgan fingerprint density at radius 2 is 1.65 bits per heavy atom. The maximum Gasteiger partial charge on any atom is 0.424 e. The molecule has 3 aromatic heterocycles. The zero-order valence-electron chi connectivity index (χ0n) is 24.8. The maximum atomic E-state index is 13.4. The second-order valence-corrected chi connectivity index (χ2v) is 12.6. The van der Waals surface area contributed by atoms with E-state index < -0.39 is 30.3 Å². The van der Waals surface area contributed by atoms with Crippen LogP contribution in [0.5, 0.6) is 0 Å². The Morgan fingerprint density at radius 1 is 1.02 bits per heavy atom. The predicted octanol–water partition coefficient (Wildman–Crippen LogP) is 5.43. The second kappa shape index (κ2) is 12.2. The van der Waals surface area contributed by atoms with E-state index in [-0.39, 0.29) is 51.4 Å². The van der Waals surface area contributed by atoms with Crippen LogP contribution in [0.25, 0.3) is 22.6 Å². The van der Waals surface area contributed by atoms with Crippen LogP contribution in [0.4, 0.5) is 29.7 Å². The summed E-state index contributed by atoms with van der Waals surface area (Å²) in [5.74, 6) is -0.488. The van der Waals surface area contributed by atoms with E-state index in [9.17, 15) is 22.8 Å². The highest BCUT2D eigenvalue weighted by atomic mass is 35.5. The Balaban J connectivity index is 1.76. The molecule has 0 bridgehead atoms. The lowest BCUT2D eigenvalue weighted by atomic mass is 9.90. The van der Waals surface area contributed by atoms with E-state index in [4.69, 9.17) is 21.1 Å². The molecule has 0 radical (unpaired) electrons. The summed E-state index contributed by atoms with van der Waals surface area (Å²) in [4.78, 5) is 50.4. The van der Waals surface area contributed by atoms with Gasteiger partial charge >= 0.3 is 12.3 Å². The quantitative estimate of drug-likeness (QED) is 0.327. The van der Waals surface area contributed by atoms with Gasteiger partial charge < -0.3 is 14.4 Å². The van der Waals surface area contributed by atoms with Crippen molar-refractivity contribution in [1.29, 1.82) is 0 Å². The molecule has 1 aliphatic rings. The van der Waals surface area contributed by atoms with Gasteiger partial charge in [0.05, 0.1) is 18.8 Å². The average molecular weight is 627 g/mol. The van der Waals surface area contributed by atoms with Crippen molar-refractivity contribution in [3.8, 4) is 11.4 Å². The van der Waals surface area contributed by atoms with Gasteiger partial charge in [0.25, 0.3) is 0 Å². The maximum absolute atomic E-state index is 13.4. The number of ether oxygens (including phenoxy) is 2. The molecule has 4 heterocycles. The Morgan fingerprint density at radius 3 is 2.21 bits per heavy atom. The molecule has 0 saturated carbocycles. The zero-order chi connectivity index (χ0) is 31.7. The number of anilines is 2. The molecule has 1 fully saturated rings. The first kappa shape index (κ1) is 32.3. The summed E-state index contributed by atoms with van der Waals surface area (Å²) in [6.45, 7) is 11.1. The van der Waals surface area contributed by atoms with E-state index in [0.29, 0.717) is 32.7 Å². The Kier molecular flexibility index (Phi) is 9.16. The third-order valence-electron chi connectivity index (χ3n) is 6.19. The van der Waals surface area contributed by atoms with E-state index in [1.807, 2.05) is 25.7 Å². The third-order valence-corrected chi connectivity index (χ3v) is 6.48. The second-order valence-electron chi connectivity index (χ2n) is 12.3. The van der Waals surface area contributed by atoms with Gasteiger partial charge in [0, 0.05) is 31.9 Å². The summed E-state index contributed by atoms with van der Waals surface area (Å²) < 4.78 is 51.8. The number of carbonyl (C=O) groups is 2. The van der Waals surface area contributed by atoms with Crippen LogP contribution < -0.4 is 9.80 Å². The first-order valence-corrected chi connectivity index (χ1v) is 14.0. The number of aromatic nitrogens is 6. The minimum atomic E-state index is -4.59. The molecule has 12 nitrogen and oxygen atoms in total. The molecule has 0 aromatic carbocycles. The van der Waals surface area contributed by atoms with E-state index >= 15 is 0 Å². The van der Waals surface area contributed by atoms with Crippen LogP contribution in [0.1, 0.15) is 54.4 Å². The standard InChI is InChI=1S/C27H34ClF3N8O4/c1-25(2,3)8-7-17(40)39(24(41)43-26(4,5)6)23-32-13-16(14-33-23)19-35-20(37-9-11-42-12-10-37)18-21(36-19)38(22(28)34-18)15-27(29,30)31/h13-14H,7-12,15H2,1-6H3. The molecular formula is C27H34ClF3N8O4. The van der Waals surface area contributed by atoms with Crippen LogP contribution in [0.2, 0.25) is 5.28 Å². The number of nitrogens with zero attached hydrogens (tertiary/aromatic N) is 8. The number of imidazole rings is 1. The van der Waals surface area contributed by atoms with Crippen molar-refractivity contribution in [2.75, 3.05) is 36.1 Å². The SMILES string of the molecule is CC(C)(C)CCC(=O)N(C(=O)OC(C)(C)C)c1ncc(-c2nc(N3CCOCC3)c3nc(Cl)n(CC(F)(F)F)c3n2)cn1. The minimum absolute atomic E-state index is 0.00316. The van der Waals surface area contributed by atoms with Crippen molar-refractivity contribution in [2.45, 2.75) is 72.7 Å². The number of hydrogen-bond acceptors (Lipinski definition) is 10. The lowest BCUT2D eigenvalue weighted by Crippen LogP contribution is -2.42. The van der Waals surface area contributed by atoms with Crippen molar-refractivity contribution in [2.24, 2.45) is 5.41 Å². The molecule has 1 saturated heterocycles. The largest absolute Gasteiger partial charge is 0.443 e. The molecular weight excluding hydrogens is 593 g/mol. The normalized spacial score (nSPS) is 14.7. The van der Waals surface area contributed by atoms with Crippen LogP contribution in [0.3, 0.4) is 0 Å². The molecule has 234 valence electrons. The molecule has 2 amide bonds. The molecule has 0 unspecified atom stereocenters. The van der Waals surface area contributed by atoms with E-state index in [2.05, 4.69) is 24.9 Å². The summed E-state index contributed by atoms with van der Waals surface area (Å²) in [6, 6.07) is 0. The Hall–Kier alpha value is -3.59. The van der Waals surface area contributed by atoms with Gasteiger partial charge in [-0.05, 0) is 44.2 Å². The highest BCUT2D eigenvalue weighted by Gasteiger charge is 2.33. The molecule has 4 rings (SSSR count). The summed E-state index contributed by atoms with van der Waals surface area (Å²) in [7, 11) is 0. The zero-order valence-corrected chi connectivity index (χ0v) is 25.6. The van der Waals surface area contributed by atoms with Gasteiger partial charge in [-0.2, -0.15) is 18.1 Å². The van der Waals surface area contributed by atoms with Crippen LogP contribution in [-0.2, 0) is 20.8 Å². The topological polar surface area (TPSA) is 128 Å². The molecule has 0 aliphatic carbocycles. The molecule has 0 atom stereocenters. The van der Waals surface area contributed by atoms with Gasteiger partial charge in [-0.3, -0.25) is 9.36 Å². The monoisotopic (exact) mass is 626 g/mol. The smallest absolute Gasteiger partial charge is 0.424 e. The lowest BCUT2D eigenvalue weighted by Gasteiger charge is -2.28. The van der Waals surface area contributed by atoms with Gasteiger partial charge in [-0.15, -0.1) is 0 Å². The summed E-state index contributed by atoms with van der Waals surface area (Å²) in [6.07, 6.45) is -2.41. The fourth-order valence-corrected chi connectivity index (χ4v) is 4.38.